The first-order valence-electron chi connectivity index (χ1n) is 8.53. The van der Waals surface area contributed by atoms with E-state index in [1.807, 2.05) is 17.9 Å². The highest BCUT2D eigenvalue weighted by Crippen LogP contribution is 2.49. The molecule has 1 heterocycles. The van der Waals surface area contributed by atoms with Gasteiger partial charge in [0, 0.05) is 38.6 Å². The van der Waals surface area contributed by atoms with Crippen LogP contribution in [-0.2, 0) is 4.79 Å². The fourth-order valence-corrected chi connectivity index (χ4v) is 3.40. The van der Waals surface area contributed by atoms with Gasteiger partial charge < -0.3 is 10.0 Å². The normalized spacial score (nSPS) is 26.1. The van der Waals surface area contributed by atoms with Crippen LogP contribution in [0.5, 0.6) is 0 Å². The van der Waals surface area contributed by atoms with Gasteiger partial charge in [0.15, 0.2) is 0 Å². The van der Waals surface area contributed by atoms with E-state index in [2.05, 4.69) is 4.90 Å². The molecule has 0 aromatic heterocycles. The Morgan fingerprint density at radius 2 is 2.00 bits per heavy atom. The van der Waals surface area contributed by atoms with Gasteiger partial charge >= 0.3 is 0 Å². The number of nitrogens with zero attached hydrogens (tertiary/aromatic N) is 2. The van der Waals surface area contributed by atoms with Crippen molar-refractivity contribution in [2.24, 2.45) is 5.92 Å². The summed E-state index contributed by atoms with van der Waals surface area (Å²) in [6, 6.07) is 6.77. The lowest BCUT2D eigenvalue weighted by Gasteiger charge is -2.35. The van der Waals surface area contributed by atoms with Crippen molar-refractivity contribution in [2.75, 3.05) is 32.7 Å². The number of piperazine rings is 1. The number of halogens is 1. The number of carbonyl (C=O) groups is 1. The molecule has 0 unspecified atom stereocenters. The highest BCUT2D eigenvalue weighted by atomic mass is 19.1. The van der Waals surface area contributed by atoms with Crippen LogP contribution in [0.2, 0.25) is 0 Å². The molecule has 1 saturated carbocycles. The average Bonchev–Trinajstić information content (AvgIpc) is 3.35. The maximum absolute atomic E-state index is 13.8. The van der Waals surface area contributed by atoms with Crippen LogP contribution in [0.15, 0.2) is 24.3 Å². The standard InChI is InChI=1S/C18H25FN2O2/c1-2-13(22)12-20-7-9-21(10-8-20)18(23)16-11-15(16)14-5-3-4-6-17(14)19/h3-6,13,15-16,22H,2,7-12H2,1H3/t13-,15-,16-/m0/s1. The van der Waals surface area contributed by atoms with Crippen LogP contribution in [-0.4, -0.2) is 59.6 Å². The molecule has 5 heteroatoms. The molecule has 1 aliphatic carbocycles. The van der Waals surface area contributed by atoms with E-state index in [-0.39, 0.29) is 29.7 Å². The minimum absolute atomic E-state index is 0.0450. The van der Waals surface area contributed by atoms with Crippen LogP contribution >= 0.6 is 0 Å². The molecule has 1 aromatic carbocycles. The molecular formula is C18H25FN2O2. The van der Waals surface area contributed by atoms with Crippen molar-refractivity contribution in [2.45, 2.75) is 31.8 Å². The number of carbonyl (C=O) groups excluding carboxylic acids is 1. The largest absolute Gasteiger partial charge is 0.392 e. The molecule has 1 amide bonds. The van der Waals surface area contributed by atoms with Crippen LogP contribution in [0.1, 0.15) is 31.2 Å². The topological polar surface area (TPSA) is 43.8 Å². The molecule has 0 radical (unpaired) electrons. The van der Waals surface area contributed by atoms with Crippen molar-refractivity contribution in [3.63, 3.8) is 0 Å². The number of amides is 1. The van der Waals surface area contributed by atoms with E-state index in [0.717, 1.165) is 25.9 Å². The SMILES string of the molecule is CC[C@H](O)CN1CCN(C(=O)[C@H]2C[C@H]2c2ccccc2F)CC1. The van der Waals surface area contributed by atoms with Gasteiger partial charge in [-0.05, 0) is 30.4 Å². The number of benzene rings is 1. The summed E-state index contributed by atoms with van der Waals surface area (Å²) in [5, 5.41) is 9.71. The van der Waals surface area contributed by atoms with Crippen molar-refractivity contribution < 1.29 is 14.3 Å². The minimum Gasteiger partial charge on any atom is -0.392 e. The predicted molar refractivity (Wildman–Crippen MR) is 86.6 cm³/mol. The van der Waals surface area contributed by atoms with Crippen LogP contribution in [0, 0.1) is 11.7 Å². The predicted octanol–water partition coefficient (Wildman–Crippen LogP) is 1.84. The Morgan fingerprint density at radius 3 is 2.65 bits per heavy atom. The number of aliphatic hydroxyl groups is 1. The van der Waals surface area contributed by atoms with E-state index in [9.17, 15) is 14.3 Å². The Kier molecular flexibility index (Phi) is 4.97. The second kappa shape index (κ2) is 6.97. The highest BCUT2D eigenvalue weighted by Gasteiger charge is 2.47. The molecule has 126 valence electrons. The molecule has 3 rings (SSSR count). The summed E-state index contributed by atoms with van der Waals surface area (Å²) in [5.74, 6) is -0.0524. The smallest absolute Gasteiger partial charge is 0.226 e. The number of β-amino-alcohol motifs (C(OH)–C–C–N with tert-alkyl or cyclic N) is 1. The number of rotatable bonds is 5. The highest BCUT2D eigenvalue weighted by molar-refractivity contribution is 5.83. The Hall–Kier alpha value is -1.46. The molecular weight excluding hydrogens is 295 g/mol. The van der Waals surface area contributed by atoms with Gasteiger partial charge in [-0.2, -0.15) is 0 Å². The summed E-state index contributed by atoms with van der Waals surface area (Å²) in [7, 11) is 0. The molecule has 1 N–H and O–H groups in total. The van der Waals surface area contributed by atoms with Crippen LogP contribution in [0.3, 0.4) is 0 Å². The second-order valence-corrected chi connectivity index (χ2v) is 6.66. The van der Waals surface area contributed by atoms with Crippen molar-refractivity contribution in [1.29, 1.82) is 0 Å². The third kappa shape index (κ3) is 3.72. The monoisotopic (exact) mass is 320 g/mol. The fourth-order valence-electron chi connectivity index (χ4n) is 3.40. The summed E-state index contributed by atoms with van der Waals surface area (Å²) >= 11 is 0. The van der Waals surface area contributed by atoms with E-state index in [1.54, 1.807) is 12.1 Å². The van der Waals surface area contributed by atoms with Crippen LogP contribution in [0.4, 0.5) is 4.39 Å². The Morgan fingerprint density at radius 1 is 1.30 bits per heavy atom. The summed E-state index contributed by atoms with van der Waals surface area (Å²) in [6.45, 7) is 5.67. The molecule has 1 aliphatic heterocycles. The van der Waals surface area contributed by atoms with Gasteiger partial charge in [0.1, 0.15) is 5.82 Å². The average molecular weight is 320 g/mol. The zero-order chi connectivity index (χ0) is 16.4. The van der Waals surface area contributed by atoms with E-state index in [4.69, 9.17) is 0 Å². The molecule has 2 aliphatic rings. The minimum atomic E-state index is -0.286. The quantitative estimate of drug-likeness (QED) is 0.900. The molecule has 0 spiro atoms. The van der Waals surface area contributed by atoms with Crippen molar-refractivity contribution >= 4 is 5.91 Å². The molecule has 0 bridgehead atoms. The number of hydrogen-bond acceptors (Lipinski definition) is 3. The van der Waals surface area contributed by atoms with Gasteiger partial charge in [-0.3, -0.25) is 9.69 Å². The molecule has 1 saturated heterocycles. The molecule has 2 fully saturated rings. The summed E-state index contributed by atoms with van der Waals surface area (Å²) in [4.78, 5) is 16.7. The third-order valence-corrected chi connectivity index (χ3v) is 5.04. The van der Waals surface area contributed by atoms with Gasteiger partial charge in [0.25, 0.3) is 0 Å². The lowest BCUT2D eigenvalue weighted by atomic mass is 10.1. The third-order valence-electron chi connectivity index (χ3n) is 5.04. The number of aliphatic hydroxyl groups excluding tert-OH is 1. The molecule has 1 aromatic rings. The van der Waals surface area contributed by atoms with Gasteiger partial charge in [-0.25, -0.2) is 4.39 Å². The van der Waals surface area contributed by atoms with Gasteiger partial charge in [-0.15, -0.1) is 0 Å². The Bertz CT molecular complexity index is 558. The van der Waals surface area contributed by atoms with E-state index in [0.29, 0.717) is 25.2 Å². The van der Waals surface area contributed by atoms with Gasteiger partial charge in [0.05, 0.1) is 6.10 Å². The lowest BCUT2D eigenvalue weighted by molar-refractivity contribution is -0.134. The summed E-state index contributed by atoms with van der Waals surface area (Å²) in [5.41, 5.74) is 0.676. The maximum atomic E-state index is 13.8. The lowest BCUT2D eigenvalue weighted by Crippen LogP contribution is -2.50. The Labute approximate surface area is 136 Å². The zero-order valence-corrected chi connectivity index (χ0v) is 13.6. The first kappa shape index (κ1) is 16.4. The van der Waals surface area contributed by atoms with E-state index >= 15 is 0 Å². The van der Waals surface area contributed by atoms with Crippen molar-refractivity contribution in [1.82, 2.24) is 9.80 Å². The number of hydrogen-bond donors (Lipinski definition) is 1. The molecule has 3 atom stereocenters. The van der Waals surface area contributed by atoms with Gasteiger partial charge in [0.2, 0.25) is 5.91 Å². The van der Waals surface area contributed by atoms with Crippen molar-refractivity contribution in [3.05, 3.63) is 35.6 Å². The van der Waals surface area contributed by atoms with E-state index in [1.165, 1.54) is 6.07 Å². The summed E-state index contributed by atoms with van der Waals surface area (Å²) in [6.07, 6.45) is 1.23. The fraction of sp³-hybridized carbons (Fsp3) is 0.611. The second-order valence-electron chi connectivity index (χ2n) is 6.66. The maximum Gasteiger partial charge on any atom is 0.226 e. The van der Waals surface area contributed by atoms with Crippen molar-refractivity contribution in [3.8, 4) is 0 Å². The Balaban J connectivity index is 1.50. The molecule has 4 nitrogen and oxygen atoms in total. The van der Waals surface area contributed by atoms with Crippen LogP contribution < -0.4 is 0 Å². The van der Waals surface area contributed by atoms with Crippen LogP contribution in [0.25, 0.3) is 0 Å². The van der Waals surface area contributed by atoms with E-state index < -0.39 is 0 Å². The first-order valence-corrected chi connectivity index (χ1v) is 8.53. The molecule has 23 heavy (non-hydrogen) atoms. The van der Waals surface area contributed by atoms with Gasteiger partial charge in [-0.1, -0.05) is 25.1 Å². The summed E-state index contributed by atoms with van der Waals surface area (Å²) < 4.78 is 13.8. The zero-order valence-electron chi connectivity index (χ0n) is 13.6. The first-order chi connectivity index (χ1) is 11.1.